The molecular formula is C90H107Br2N12NaO24S7. The number of hydrogen-bond acceptors (Lipinski definition) is 37. The number of halogens is 2. The van der Waals surface area contributed by atoms with Crippen LogP contribution >= 0.6 is 111 Å². The molecule has 136 heavy (non-hydrogen) atoms. The van der Waals surface area contributed by atoms with Crippen LogP contribution in [0.5, 0.6) is 0 Å². The number of carbonyl (C=O) groups excluding carboxylic acids is 14. The Morgan fingerprint density at radius 1 is 0.507 bits per heavy atom. The fraction of sp³-hybridized carbons (Fsp3) is 0.356. The Hall–Kier alpha value is -11.6. The van der Waals surface area contributed by atoms with Crippen molar-refractivity contribution < 1.29 is 132 Å². The molecule has 12 heterocycles. The second-order valence-electron chi connectivity index (χ2n) is 26.4. The largest absolute Gasteiger partial charge is 1.00 e. The Labute approximate surface area is 850 Å². The summed E-state index contributed by atoms with van der Waals surface area (Å²) in [6.07, 6.45) is 30.9. The molecule has 0 radical (unpaired) electrons. The Bertz CT molecular complexity index is 5740. The Morgan fingerprint density at radius 2 is 0.890 bits per heavy atom. The zero-order valence-corrected chi connectivity index (χ0v) is 86.7. The van der Waals surface area contributed by atoms with E-state index in [-0.39, 0.29) is 125 Å². The summed E-state index contributed by atoms with van der Waals surface area (Å²) in [5.41, 5.74) is 23.3. The van der Waals surface area contributed by atoms with E-state index in [0.717, 1.165) is 154 Å². The first-order valence-corrected chi connectivity index (χ1v) is 47.6. The number of aromatic carboxylic acids is 1. The van der Waals surface area contributed by atoms with Crippen molar-refractivity contribution in [2.24, 2.45) is 0 Å². The minimum atomic E-state index is -1.08. The summed E-state index contributed by atoms with van der Waals surface area (Å²) in [6.45, 7) is 12.3. The van der Waals surface area contributed by atoms with E-state index in [1.54, 1.807) is 47.2 Å². The number of esters is 1. The number of aliphatic hydroxyl groups is 3. The summed E-state index contributed by atoms with van der Waals surface area (Å²) in [7, 11) is 1.37. The van der Waals surface area contributed by atoms with Gasteiger partial charge in [-0.3, -0.25) is 29.3 Å². The summed E-state index contributed by atoms with van der Waals surface area (Å²) in [5, 5.41) is 44.0. The third-order valence-corrected chi connectivity index (χ3v) is 24.4. The fourth-order valence-electron chi connectivity index (χ4n) is 10.3. The van der Waals surface area contributed by atoms with E-state index < -0.39 is 11.9 Å². The molecule has 0 fully saturated rings. The van der Waals surface area contributed by atoms with Crippen LogP contribution in [0.25, 0.3) is 22.1 Å². The van der Waals surface area contributed by atoms with E-state index in [9.17, 15) is 33.6 Å². The number of rotatable bonds is 29. The third kappa shape index (κ3) is 66.8. The van der Waals surface area contributed by atoms with Crippen LogP contribution in [0.15, 0.2) is 122 Å². The van der Waals surface area contributed by atoms with Crippen LogP contribution in [-0.2, 0) is 112 Å². The monoisotopic (exact) mass is 2140 g/mol. The number of nitrogens with zero attached hydrogens (tertiary/aromatic N) is 3. The molecule has 0 spiro atoms. The van der Waals surface area contributed by atoms with E-state index in [0.29, 0.717) is 57.7 Å². The molecule has 12 aromatic rings. The molecule has 1 unspecified atom stereocenters. The van der Waals surface area contributed by atoms with Gasteiger partial charge in [-0.2, -0.15) is 62.9 Å². The number of aldehydes is 2. The average molecular weight is 2150 g/mol. The first-order valence-electron chi connectivity index (χ1n) is 40.2. The first-order chi connectivity index (χ1) is 64.5. The summed E-state index contributed by atoms with van der Waals surface area (Å²) < 4.78 is 5.91. The van der Waals surface area contributed by atoms with Gasteiger partial charge in [0.25, 0.3) is 16.7 Å². The molecule has 728 valence electrons. The number of aromatic nitrogens is 8. The number of terminal acetylenes is 1. The first kappa shape index (κ1) is 131. The number of nitrogen functional groups attached to an aromatic ring is 4. The number of aliphatic hydroxyl groups excluding tert-OH is 3. The molecule has 0 amide bonds. The van der Waals surface area contributed by atoms with Gasteiger partial charge in [-0.05, 0) is 263 Å². The number of aryl methyl sites for hydroxylation is 12. The number of methoxy groups -OCH3 is 1. The van der Waals surface area contributed by atoms with Gasteiger partial charge in [0, 0.05) is 112 Å². The van der Waals surface area contributed by atoms with Crippen LogP contribution in [0, 0.1) is 58.8 Å². The van der Waals surface area contributed by atoms with Crippen molar-refractivity contribution in [3.05, 3.63) is 213 Å². The third-order valence-electron chi connectivity index (χ3n) is 15.8. The molecule has 36 nitrogen and oxygen atoms in total. The fourth-order valence-corrected chi connectivity index (χ4v) is 17.5. The van der Waals surface area contributed by atoms with E-state index in [1.807, 2.05) is 52.2 Å². The molecule has 12 rings (SSSR count). The molecule has 0 aliphatic heterocycles. The number of aliphatic carboxylic acids is 1. The number of H-pyrrole nitrogens is 5. The minimum Gasteiger partial charge on any atom is -0.550 e. The minimum absolute atomic E-state index is 0. The van der Waals surface area contributed by atoms with Crippen LogP contribution in [-0.4, -0.2) is 153 Å². The molecule has 0 bridgehead atoms. The molecule has 0 aliphatic rings. The van der Waals surface area contributed by atoms with Crippen LogP contribution < -0.4 is 74.3 Å². The van der Waals surface area contributed by atoms with Crippen LogP contribution in [0.4, 0.5) is 23.7 Å². The van der Waals surface area contributed by atoms with Crippen molar-refractivity contribution in [2.75, 3.05) is 49.9 Å². The van der Waals surface area contributed by atoms with Crippen molar-refractivity contribution in [1.29, 1.82) is 0 Å². The van der Waals surface area contributed by atoms with Gasteiger partial charge in [0.05, 0.1) is 31.4 Å². The normalized spacial score (nSPS) is 9.40. The van der Waals surface area contributed by atoms with Crippen molar-refractivity contribution in [3.63, 3.8) is 0 Å². The van der Waals surface area contributed by atoms with Gasteiger partial charge in [-0.25, -0.2) is 9.59 Å². The van der Waals surface area contributed by atoms with Gasteiger partial charge in [-0.1, -0.05) is 34.2 Å². The molecule has 17 N–H and O–H groups in total. The molecule has 0 aliphatic carbocycles. The number of fused-ring (bicyclic) bond motifs is 2. The second kappa shape index (κ2) is 84.0. The maximum Gasteiger partial charge on any atom is 1.00 e. The van der Waals surface area contributed by atoms with E-state index in [4.69, 9.17) is 112 Å². The number of carboxylic acids is 2. The molecule has 0 aromatic carbocycles. The number of nitrogens with one attached hydrogen (secondary N) is 5. The molecular weight excluding hydrogens is 2040 g/mol. The standard InChI is InChI=1S/C15H16N4O3S.C14H14N4O3S.C10H13BrOS.C10H16OS.C10H14OS.C10H12OS.C5H5BrS.C5H8O.C4H6N4O.C2H4O2.5CO2.Na/c1-22-14(21)10-6-5-9(23-10)4-2-3-8-7-17-12-11(8)13(20)19-15(16)18-12;15-14-17-11-10(12(19)18-14)7(6-16-11)2-1-3-8-4-5-9(22-8)13(20)21;1-8-5-6-10(13-8)4-2-3-9(11)7-12;3*1-9-6-7-10(12-9)5-3-2-4-8-11;1-4-2-3-5(6)7-4;1-2-3-4-5-6;5-2-1-3(9)8-4(6)7-2;1-2(3)4;5*2-1-3;/h5-7H,2-4H2,1H3,(H4,16,17,18,19,20);4-6H,1-3H2,(H,20,21)(H4,15,16,17,18,19);5-7,9H,2-4H2,1H3;6-7,11H,2-5,8H2,1H3;6-8H,2-5H2,1H3;6-7,11H,2,4,8H2,1H3;2-3H,1H3;1,6H,3-5H2;1H,(H5,5,6,7,8,9);1H3,(H,3,4);;;;;;/q;;;;;;;;;;;;;;;+1/p-1. The van der Waals surface area contributed by atoms with Crippen molar-refractivity contribution >= 4 is 218 Å². The van der Waals surface area contributed by atoms with Crippen LogP contribution in [0.1, 0.15) is 181 Å². The smallest absolute Gasteiger partial charge is 0.550 e. The van der Waals surface area contributed by atoms with Crippen molar-refractivity contribution in [3.8, 4) is 24.2 Å². The Balaban J connectivity index is -0.000000719. The van der Waals surface area contributed by atoms with Gasteiger partial charge in [0.15, 0.2) is 0 Å². The number of unbranched alkanes of at least 4 members (excludes halogenated alkanes) is 6. The van der Waals surface area contributed by atoms with E-state index in [1.165, 1.54) is 85.4 Å². The Kier molecular flexibility index (Phi) is 80.7. The SMILES string of the molecule is C#CCCCO.CC(=O)[O-].COC(=O)c1ccc(CCCc2c[nH]c3nc(N)[nH]c(=O)c23)s1.Cc1ccc(Br)s1.Cc1ccc(C#CCCCO)s1.Cc1ccc(CCCC(Br)C=O)s1.Cc1ccc(CCCCC=O)s1.Cc1ccc(CCCCCO)s1.Nc1cc(=O)[nH]c(N)n1.Nc1nc2[nH]cc(CCCc3ccc(C(=O)O)s3)c2c(=O)[nH]1.O=C=O.O=C=O.O=C=O.O=C=O.O=C=O.[Na+]. The predicted octanol–water partition coefficient (Wildman–Crippen LogP) is 9.87. The van der Waals surface area contributed by atoms with Crippen LogP contribution in [0.2, 0.25) is 0 Å². The number of aromatic amines is 5. The number of thiophene rings is 7. The maximum absolute atomic E-state index is 12.0. The number of nitrogens with two attached hydrogens (primary N) is 4. The number of carboxylic acid groups (broad SMARTS) is 2. The van der Waals surface area contributed by atoms with Gasteiger partial charge in [-0.15, -0.1) is 91.7 Å². The second-order valence-corrected chi connectivity index (χ2v) is 38.0. The number of alkyl halides is 1. The number of ether oxygens (including phenoxy) is 1. The zero-order chi connectivity index (χ0) is 102. The topological polar surface area (TPSA) is 642 Å². The number of hydrogen-bond donors (Lipinski definition) is 13. The van der Waals surface area contributed by atoms with Crippen molar-refractivity contribution in [2.45, 2.75) is 181 Å². The summed E-state index contributed by atoms with van der Waals surface area (Å²) in [4.78, 5) is 207. The average Bonchev–Trinajstić information content (AvgIpc) is 1.67. The molecule has 1 atom stereocenters. The van der Waals surface area contributed by atoms with Crippen LogP contribution in [0.3, 0.4) is 0 Å². The summed E-state index contributed by atoms with van der Waals surface area (Å²) in [6, 6.07) is 29.6. The van der Waals surface area contributed by atoms with Gasteiger partial charge in [0.2, 0.25) is 17.8 Å². The predicted molar refractivity (Wildman–Crippen MR) is 524 cm³/mol. The van der Waals surface area contributed by atoms with E-state index >= 15 is 0 Å². The molecule has 12 aromatic heterocycles. The molecule has 0 saturated carbocycles. The Morgan fingerprint density at radius 3 is 1.24 bits per heavy atom. The quantitative estimate of drug-likeness (QED) is 0.00517. The number of anilines is 4. The van der Waals surface area contributed by atoms with Gasteiger partial charge >= 0.3 is 72.3 Å². The molecule has 0 saturated heterocycles. The number of carbonyl (C=O) groups is 5. The summed E-state index contributed by atoms with van der Waals surface area (Å²) in [5.74, 6) is 6.55. The van der Waals surface area contributed by atoms with Crippen molar-refractivity contribution in [1.82, 2.24) is 39.9 Å². The van der Waals surface area contributed by atoms with Gasteiger partial charge < -0.3 is 77.6 Å². The van der Waals surface area contributed by atoms with Gasteiger partial charge in [0.1, 0.15) is 39.4 Å². The van der Waals surface area contributed by atoms with E-state index in [2.05, 4.69) is 179 Å². The summed E-state index contributed by atoms with van der Waals surface area (Å²) >= 11 is 18.4. The maximum atomic E-state index is 12.0. The zero-order valence-electron chi connectivity index (χ0n) is 75.8. The molecule has 46 heteroatoms.